The van der Waals surface area contributed by atoms with Crippen LogP contribution >= 0.6 is 7.82 Å². The molecule has 182 valence electrons. The van der Waals surface area contributed by atoms with Gasteiger partial charge in [-0.05, 0) is 128 Å². The SMILES string of the molecule is C=Cc1cc(C)c(OP(=O)(Oc2c(C)cc(C=C)cc2C)Oc2c(C)cc(C=C)cc2C)c(C)c1. The highest BCUT2D eigenvalue weighted by Crippen LogP contribution is 2.53. The van der Waals surface area contributed by atoms with Crippen molar-refractivity contribution in [2.75, 3.05) is 0 Å². The van der Waals surface area contributed by atoms with Gasteiger partial charge in [0.25, 0.3) is 0 Å². The minimum Gasteiger partial charge on any atom is -0.385 e. The molecule has 0 saturated heterocycles. The van der Waals surface area contributed by atoms with Crippen molar-refractivity contribution in [1.82, 2.24) is 0 Å². The molecule has 0 aliphatic carbocycles. The summed E-state index contributed by atoms with van der Waals surface area (Å²) < 4.78 is 32.8. The Balaban J connectivity index is 2.14. The van der Waals surface area contributed by atoms with Gasteiger partial charge in [0, 0.05) is 0 Å². The predicted molar refractivity (Wildman–Crippen MR) is 148 cm³/mol. The first-order chi connectivity index (χ1) is 16.5. The molecular weight excluding hydrogens is 455 g/mol. The molecule has 0 aliphatic heterocycles. The Morgan fingerprint density at radius 3 is 0.886 bits per heavy atom. The normalized spacial score (nSPS) is 11.0. The quantitative estimate of drug-likeness (QED) is 0.282. The van der Waals surface area contributed by atoms with Gasteiger partial charge in [0.2, 0.25) is 0 Å². The third-order valence-electron chi connectivity index (χ3n) is 5.76. The van der Waals surface area contributed by atoms with Crippen molar-refractivity contribution >= 4 is 26.1 Å². The second kappa shape index (κ2) is 10.4. The first kappa shape index (κ1) is 26.1. The summed E-state index contributed by atoms with van der Waals surface area (Å²) in [5.41, 5.74) is 7.66. The summed E-state index contributed by atoms with van der Waals surface area (Å²) >= 11 is 0. The molecule has 3 aromatic rings. The van der Waals surface area contributed by atoms with Crippen molar-refractivity contribution in [2.45, 2.75) is 41.5 Å². The fraction of sp³-hybridized carbons (Fsp3) is 0.200. The lowest BCUT2D eigenvalue weighted by Crippen LogP contribution is -2.11. The second-order valence-corrected chi connectivity index (χ2v) is 10.2. The predicted octanol–water partition coefficient (Wildman–Crippen LogP) is 9.11. The topological polar surface area (TPSA) is 44.8 Å². The monoisotopic (exact) mass is 488 g/mol. The first-order valence-electron chi connectivity index (χ1n) is 11.4. The zero-order valence-electron chi connectivity index (χ0n) is 21.4. The van der Waals surface area contributed by atoms with E-state index in [0.717, 1.165) is 50.1 Å². The highest BCUT2D eigenvalue weighted by molar-refractivity contribution is 7.49. The highest BCUT2D eigenvalue weighted by Gasteiger charge is 2.36. The van der Waals surface area contributed by atoms with Crippen LogP contribution < -0.4 is 13.6 Å². The zero-order valence-corrected chi connectivity index (χ0v) is 22.3. The molecule has 0 bridgehead atoms. The van der Waals surface area contributed by atoms with Crippen LogP contribution in [-0.4, -0.2) is 0 Å². The van der Waals surface area contributed by atoms with Crippen LogP contribution in [0.25, 0.3) is 18.2 Å². The van der Waals surface area contributed by atoms with Gasteiger partial charge in [0.1, 0.15) is 17.2 Å². The van der Waals surface area contributed by atoms with E-state index in [9.17, 15) is 4.57 Å². The van der Waals surface area contributed by atoms with Gasteiger partial charge in [-0.15, -0.1) is 0 Å². The third kappa shape index (κ3) is 5.78. The molecule has 3 rings (SSSR count). The molecule has 0 amide bonds. The molecule has 0 atom stereocenters. The average molecular weight is 489 g/mol. The van der Waals surface area contributed by atoms with E-state index in [2.05, 4.69) is 19.7 Å². The van der Waals surface area contributed by atoms with Gasteiger partial charge in [-0.3, -0.25) is 0 Å². The molecule has 5 heteroatoms. The van der Waals surface area contributed by atoms with Crippen LogP contribution in [0.1, 0.15) is 50.1 Å². The maximum Gasteiger partial charge on any atom is 0.647 e. The molecule has 0 aromatic heterocycles. The molecule has 0 N–H and O–H groups in total. The van der Waals surface area contributed by atoms with Crippen LogP contribution in [0.4, 0.5) is 0 Å². The van der Waals surface area contributed by atoms with Gasteiger partial charge in [-0.1, -0.05) is 38.0 Å². The number of hydrogen-bond donors (Lipinski definition) is 0. The second-order valence-electron chi connectivity index (χ2n) is 8.78. The van der Waals surface area contributed by atoms with Crippen LogP contribution in [0.2, 0.25) is 0 Å². The first-order valence-corrected chi connectivity index (χ1v) is 12.9. The van der Waals surface area contributed by atoms with E-state index < -0.39 is 7.82 Å². The van der Waals surface area contributed by atoms with E-state index in [1.807, 2.05) is 77.9 Å². The lowest BCUT2D eigenvalue weighted by atomic mass is 10.1. The van der Waals surface area contributed by atoms with Gasteiger partial charge >= 0.3 is 7.82 Å². The van der Waals surface area contributed by atoms with Crippen LogP contribution in [0.15, 0.2) is 56.1 Å². The number of rotatable bonds is 9. The zero-order chi connectivity index (χ0) is 25.9. The van der Waals surface area contributed by atoms with Gasteiger partial charge in [0.15, 0.2) is 0 Å². The average Bonchev–Trinajstić information content (AvgIpc) is 2.80. The summed E-state index contributed by atoms with van der Waals surface area (Å²) in [5.74, 6) is 1.36. The smallest absolute Gasteiger partial charge is 0.385 e. The van der Waals surface area contributed by atoms with Crippen LogP contribution in [0, 0.1) is 41.5 Å². The van der Waals surface area contributed by atoms with Crippen molar-refractivity contribution in [3.8, 4) is 17.2 Å². The Morgan fingerprint density at radius 1 is 0.514 bits per heavy atom. The summed E-state index contributed by atoms with van der Waals surface area (Å²) in [7, 11) is -4.19. The molecule has 0 radical (unpaired) electrons. The summed E-state index contributed by atoms with van der Waals surface area (Å²) in [6.45, 7) is 22.9. The summed E-state index contributed by atoms with van der Waals surface area (Å²) in [6, 6.07) is 11.5. The molecule has 0 unspecified atom stereocenters. The van der Waals surface area contributed by atoms with Gasteiger partial charge in [-0.2, -0.15) is 4.57 Å². The van der Waals surface area contributed by atoms with Crippen molar-refractivity contribution in [3.05, 3.63) is 106 Å². The van der Waals surface area contributed by atoms with Crippen molar-refractivity contribution in [3.63, 3.8) is 0 Å². The lowest BCUT2D eigenvalue weighted by molar-refractivity contribution is 0.294. The third-order valence-corrected chi connectivity index (χ3v) is 6.98. The van der Waals surface area contributed by atoms with Crippen LogP contribution in [0.3, 0.4) is 0 Å². The lowest BCUT2D eigenvalue weighted by Gasteiger charge is -2.24. The minimum absolute atomic E-state index is 0.454. The van der Waals surface area contributed by atoms with E-state index in [-0.39, 0.29) is 0 Å². The van der Waals surface area contributed by atoms with Gasteiger partial charge in [-0.25, -0.2) is 0 Å². The van der Waals surface area contributed by atoms with Gasteiger partial charge < -0.3 is 13.6 Å². The summed E-state index contributed by atoms with van der Waals surface area (Å²) in [4.78, 5) is 0. The standard InChI is InChI=1S/C30H33O4P/c1-10-25-13-19(4)28(20(5)14-25)32-35(31,33-29-21(6)15-26(11-2)16-22(29)7)34-30-23(8)17-27(12-3)18-24(30)9/h10-18H,1-3H2,4-9H3. The Kier molecular flexibility index (Phi) is 7.77. The van der Waals surface area contributed by atoms with Crippen molar-refractivity contribution in [2.24, 2.45) is 0 Å². The Bertz CT molecular complexity index is 1130. The van der Waals surface area contributed by atoms with Crippen molar-refractivity contribution in [1.29, 1.82) is 0 Å². The fourth-order valence-corrected chi connectivity index (χ4v) is 5.77. The van der Waals surface area contributed by atoms with Crippen LogP contribution in [0.5, 0.6) is 17.2 Å². The molecule has 0 fully saturated rings. The number of aryl methyl sites for hydroxylation is 6. The number of hydrogen-bond acceptors (Lipinski definition) is 4. The number of phosphoric ester groups is 1. The van der Waals surface area contributed by atoms with E-state index >= 15 is 0 Å². The van der Waals surface area contributed by atoms with E-state index in [0.29, 0.717) is 17.2 Å². The largest absolute Gasteiger partial charge is 0.647 e. The fourth-order valence-electron chi connectivity index (χ4n) is 4.13. The maximum absolute atomic E-state index is 14.4. The van der Waals surface area contributed by atoms with Crippen LogP contribution in [-0.2, 0) is 4.57 Å². The molecular formula is C30H33O4P. The van der Waals surface area contributed by atoms with Gasteiger partial charge in [0.05, 0.1) is 0 Å². The molecule has 0 saturated carbocycles. The Hall–Kier alpha value is -3.49. The summed E-state index contributed by atoms with van der Waals surface area (Å²) in [5, 5.41) is 0. The van der Waals surface area contributed by atoms with E-state index in [4.69, 9.17) is 13.6 Å². The van der Waals surface area contributed by atoms with Crippen molar-refractivity contribution < 1.29 is 18.1 Å². The molecule has 35 heavy (non-hydrogen) atoms. The molecule has 4 nitrogen and oxygen atoms in total. The molecule has 0 heterocycles. The minimum atomic E-state index is -4.19. The Morgan fingerprint density at radius 2 is 0.714 bits per heavy atom. The highest BCUT2D eigenvalue weighted by atomic mass is 31.2. The number of benzene rings is 3. The Labute approximate surface area is 209 Å². The molecule has 3 aromatic carbocycles. The maximum atomic E-state index is 14.4. The van der Waals surface area contributed by atoms with E-state index in [1.54, 1.807) is 18.2 Å². The molecule has 0 aliphatic rings. The van der Waals surface area contributed by atoms with E-state index in [1.165, 1.54) is 0 Å². The number of phosphoric acid groups is 1. The summed E-state index contributed by atoms with van der Waals surface area (Å²) in [6.07, 6.45) is 5.29. The molecule has 0 spiro atoms.